The number of aromatic nitrogens is 3. The van der Waals surface area contributed by atoms with E-state index in [0.29, 0.717) is 0 Å². The number of carbonyl (C=O) groups is 1. The second kappa shape index (κ2) is 4.55. The zero-order valence-electron chi connectivity index (χ0n) is 7.88. The van der Waals surface area contributed by atoms with E-state index in [2.05, 4.69) is 15.4 Å². The van der Waals surface area contributed by atoms with E-state index in [-0.39, 0.29) is 39.0 Å². The third-order valence-corrected chi connectivity index (χ3v) is 2.80. The number of benzene rings is 1. The van der Waals surface area contributed by atoms with Gasteiger partial charge in [0.1, 0.15) is 15.9 Å². The second-order valence-electron chi connectivity index (χ2n) is 2.96. The number of nitrogens with zero attached hydrogens (tertiary/aromatic N) is 2. The molecule has 0 unspecified atom stereocenters. The van der Waals surface area contributed by atoms with E-state index in [4.69, 9.17) is 9.66 Å². The van der Waals surface area contributed by atoms with Gasteiger partial charge in [0.15, 0.2) is 0 Å². The van der Waals surface area contributed by atoms with Crippen molar-refractivity contribution in [1.29, 1.82) is 0 Å². The van der Waals surface area contributed by atoms with Gasteiger partial charge in [0, 0.05) is 22.4 Å². The van der Waals surface area contributed by atoms with Gasteiger partial charge in [0.25, 0.3) is 10.1 Å². The van der Waals surface area contributed by atoms with Crippen molar-refractivity contribution in [1.82, 2.24) is 15.4 Å². The smallest absolute Gasteiger partial charge is 0.335 e. The maximum absolute atomic E-state index is 11.0. The van der Waals surface area contributed by atoms with Crippen molar-refractivity contribution < 1.29 is 45.3 Å². The molecule has 8 nitrogen and oxygen atoms in total. The molecule has 0 amide bonds. The van der Waals surface area contributed by atoms with Crippen LogP contribution in [-0.2, 0) is 32.5 Å². The first-order valence-electron chi connectivity index (χ1n) is 3.95. The van der Waals surface area contributed by atoms with Crippen LogP contribution in [-0.4, -0.2) is 39.5 Å². The van der Waals surface area contributed by atoms with Gasteiger partial charge in [-0.1, -0.05) is 5.21 Å². The monoisotopic (exact) mass is 350 g/mol. The van der Waals surface area contributed by atoms with Gasteiger partial charge in [-0.15, -0.1) is 5.10 Å². The van der Waals surface area contributed by atoms with Crippen molar-refractivity contribution in [3.63, 3.8) is 0 Å². The molecule has 1 radical (unpaired) electrons. The standard InChI is InChI=1S/C7H5N3O5S.Ag/c11-7(12)3-1-4-6(9-10-8-4)5(2-3)16(13,14)15;/h1-2H,(H,11,12)(H,8,9,10)(H,13,14,15);. The predicted octanol–water partition coefficient (Wildman–Crippen LogP) is -0.0997. The minimum atomic E-state index is -4.53. The first-order valence-corrected chi connectivity index (χ1v) is 5.39. The van der Waals surface area contributed by atoms with Gasteiger partial charge in [0.05, 0.1) is 5.56 Å². The van der Waals surface area contributed by atoms with Crippen molar-refractivity contribution in [2.75, 3.05) is 0 Å². The normalized spacial score (nSPS) is 11.1. The Kier molecular flexibility index (Phi) is 3.69. The van der Waals surface area contributed by atoms with Crippen LogP contribution in [0.15, 0.2) is 17.0 Å². The Hall–Kier alpha value is -1.26. The molecule has 17 heavy (non-hydrogen) atoms. The van der Waals surface area contributed by atoms with Gasteiger partial charge < -0.3 is 5.11 Å². The van der Waals surface area contributed by atoms with Crippen LogP contribution in [0.5, 0.6) is 0 Å². The zero-order chi connectivity index (χ0) is 11.9. The summed E-state index contributed by atoms with van der Waals surface area (Å²) in [6, 6.07) is 1.98. The summed E-state index contributed by atoms with van der Waals surface area (Å²) in [5.41, 5.74) is -0.283. The molecule has 0 saturated carbocycles. The van der Waals surface area contributed by atoms with E-state index in [1.807, 2.05) is 0 Å². The fourth-order valence-electron chi connectivity index (χ4n) is 1.25. The molecule has 0 aliphatic carbocycles. The third-order valence-electron chi connectivity index (χ3n) is 1.93. The number of hydrogen-bond acceptors (Lipinski definition) is 5. The summed E-state index contributed by atoms with van der Waals surface area (Å²) in [5.74, 6) is -1.32. The first kappa shape index (κ1) is 13.8. The van der Waals surface area contributed by atoms with Gasteiger partial charge in [0.2, 0.25) is 0 Å². The summed E-state index contributed by atoms with van der Waals surface area (Å²) in [5, 5.41) is 17.8. The molecule has 1 aromatic carbocycles. The Morgan fingerprint density at radius 1 is 1.35 bits per heavy atom. The summed E-state index contributed by atoms with van der Waals surface area (Å²) >= 11 is 0. The van der Waals surface area contributed by atoms with Crippen molar-refractivity contribution in [2.45, 2.75) is 4.90 Å². The molecule has 0 atom stereocenters. The number of rotatable bonds is 2. The number of nitrogens with one attached hydrogen (secondary N) is 1. The van der Waals surface area contributed by atoms with Crippen molar-refractivity contribution in [3.8, 4) is 0 Å². The van der Waals surface area contributed by atoms with Crippen LogP contribution < -0.4 is 0 Å². The number of carboxylic acid groups (broad SMARTS) is 1. The van der Waals surface area contributed by atoms with Crippen molar-refractivity contribution >= 4 is 27.1 Å². The molecule has 0 saturated heterocycles. The fraction of sp³-hybridized carbons (Fsp3) is 0. The SMILES string of the molecule is O=C(O)c1cc(S(=O)(=O)O)c2[nH]nnc2c1.[Ag]. The molecule has 0 spiro atoms. The predicted molar refractivity (Wildman–Crippen MR) is 50.7 cm³/mol. The molecule has 0 bridgehead atoms. The molecule has 2 rings (SSSR count). The van der Waals surface area contributed by atoms with E-state index < -0.39 is 21.0 Å². The number of carboxylic acids is 1. The summed E-state index contributed by atoms with van der Waals surface area (Å²) in [7, 11) is -4.53. The average molecular weight is 351 g/mol. The molecule has 3 N–H and O–H groups in total. The van der Waals surface area contributed by atoms with Crippen molar-refractivity contribution in [3.05, 3.63) is 17.7 Å². The number of hydrogen-bond donors (Lipinski definition) is 3. The molecule has 0 aliphatic heterocycles. The fourth-order valence-corrected chi connectivity index (χ4v) is 1.93. The number of aromatic amines is 1. The second-order valence-corrected chi connectivity index (χ2v) is 4.35. The minimum absolute atomic E-state index is 0. The van der Waals surface area contributed by atoms with Crippen LogP contribution in [0.2, 0.25) is 0 Å². The Balaban J connectivity index is 0.00000144. The van der Waals surface area contributed by atoms with Crippen LogP contribution >= 0.6 is 0 Å². The topological polar surface area (TPSA) is 133 Å². The Morgan fingerprint density at radius 2 is 2.00 bits per heavy atom. The maximum atomic E-state index is 11.0. The van der Waals surface area contributed by atoms with E-state index >= 15 is 0 Å². The van der Waals surface area contributed by atoms with E-state index in [1.165, 1.54) is 0 Å². The Bertz CT molecular complexity index is 680. The van der Waals surface area contributed by atoms with Crippen molar-refractivity contribution in [2.24, 2.45) is 0 Å². The summed E-state index contributed by atoms with van der Waals surface area (Å²) < 4.78 is 30.9. The molecular weight excluding hydrogens is 346 g/mol. The number of aromatic carboxylic acids is 1. The van der Waals surface area contributed by atoms with Gasteiger partial charge in [-0.25, -0.2) is 4.79 Å². The zero-order valence-corrected chi connectivity index (χ0v) is 10.2. The molecule has 1 aromatic heterocycles. The minimum Gasteiger partial charge on any atom is -0.478 e. The molecule has 95 valence electrons. The number of fused-ring (bicyclic) bond motifs is 1. The summed E-state index contributed by atoms with van der Waals surface area (Å²) in [6.07, 6.45) is 0. The van der Waals surface area contributed by atoms with Crippen LogP contribution in [0.25, 0.3) is 11.0 Å². The molecule has 1 heterocycles. The largest absolute Gasteiger partial charge is 0.478 e. The van der Waals surface area contributed by atoms with Crippen LogP contribution in [0, 0.1) is 0 Å². The molecule has 0 aliphatic rings. The van der Waals surface area contributed by atoms with Gasteiger partial charge in [-0.05, 0) is 12.1 Å². The third kappa shape index (κ3) is 2.53. The van der Waals surface area contributed by atoms with Crippen LogP contribution in [0.3, 0.4) is 0 Å². The van der Waals surface area contributed by atoms with E-state index in [1.54, 1.807) is 0 Å². The Labute approximate surface area is 110 Å². The maximum Gasteiger partial charge on any atom is 0.335 e. The average Bonchev–Trinajstić information content (AvgIpc) is 2.61. The number of H-pyrrole nitrogens is 1. The van der Waals surface area contributed by atoms with E-state index in [9.17, 15) is 13.2 Å². The molecule has 10 heteroatoms. The van der Waals surface area contributed by atoms with Gasteiger partial charge >= 0.3 is 5.97 Å². The molecule has 2 aromatic rings. The van der Waals surface area contributed by atoms with E-state index in [0.717, 1.165) is 12.1 Å². The first-order chi connectivity index (χ1) is 7.39. The summed E-state index contributed by atoms with van der Waals surface area (Å²) in [4.78, 5) is 10.1. The van der Waals surface area contributed by atoms with Gasteiger partial charge in [-0.3, -0.25) is 9.65 Å². The molecular formula is C7H5AgN3O5S. The molecule has 0 fully saturated rings. The van der Waals surface area contributed by atoms with Gasteiger partial charge in [-0.2, -0.15) is 8.42 Å². The quantitative estimate of drug-likeness (QED) is 0.508. The van der Waals surface area contributed by atoms with Crippen LogP contribution in [0.4, 0.5) is 0 Å². The van der Waals surface area contributed by atoms with Crippen LogP contribution in [0.1, 0.15) is 10.4 Å². The Morgan fingerprint density at radius 3 is 2.53 bits per heavy atom. The summed E-state index contributed by atoms with van der Waals surface area (Å²) in [6.45, 7) is 0.